The van der Waals surface area contributed by atoms with Gasteiger partial charge < -0.3 is 29.9 Å². The number of methoxy groups -OCH3 is 1. The van der Waals surface area contributed by atoms with Gasteiger partial charge in [0.25, 0.3) is 0 Å². The fourth-order valence-electron chi connectivity index (χ4n) is 6.68. The lowest BCUT2D eigenvalue weighted by atomic mass is 9.96. The zero-order chi connectivity index (χ0) is 32.1. The summed E-state index contributed by atoms with van der Waals surface area (Å²) in [5, 5.41) is 5.88. The third-order valence-corrected chi connectivity index (χ3v) is 9.02. The van der Waals surface area contributed by atoms with Crippen molar-refractivity contribution in [3.05, 3.63) is 30.0 Å². The molecular weight excluding hydrogens is 562 g/mol. The number of hydrogen-bond donors (Lipinski definition) is 2. The Balaban J connectivity index is 1.69. The monoisotopic (exact) mass is 611 g/mol. The largest absolute Gasteiger partial charge is 0.496 e. The molecule has 2 fully saturated rings. The molecular formula is C33H49N5O6. The number of hydrogen-bond acceptors (Lipinski definition) is 7. The quantitative estimate of drug-likeness (QED) is 0.441. The maximum absolute atomic E-state index is 14.4. The average Bonchev–Trinajstić information content (AvgIpc) is 3.63. The van der Waals surface area contributed by atoms with Gasteiger partial charge in [-0.3, -0.25) is 24.1 Å². The van der Waals surface area contributed by atoms with E-state index in [1.54, 1.807) is 47.4 Å². The first-order valence-electron chi connectivity index (χ1n) is 15.9. The molecule has 3 aliphatic heterocycles. The molecule has 0 aromatic heterocycles. The molecule has 6 unspecified atom stereocenters. The molecule has 44 heavy (non-hydrogen) atoms. The number of rotatable bonds is 9. The van der Waals surface area contributed by atoms with Gasteiger partial charge in [-0.1, -0.05) is 34.1 Å². The molecule has 3 aliphatic rings. The minimum atomic E-state index is -0.944. The Kier molecular flexibility index (Phi) is 10.9. The van der Waals surface area contributed by atoms with Crippen LogP contribution in [-0.4, -0.2) is 103 Å². The summed E-state index contributed by atoms with van der Waals surface area (Å²) in [7, 11) is 5.31. The maximum Gasteiger partial charge on any atom is 0.249 e. The van der Waals surface area contributed by atoms with E-state index in [1.165, 1.54) is 0 Å². The normalized spacial score (nSPS) is 23.9. The number of benzene rings is 1. The molecule has 0 aliphatic carbocycles. The van der Waals surface area contributed by atoms with E-state index in [0.29, 0.717) is 55.8 Å². The smallest absolute Gasteiger partial charge is 0.249 e. The Morgan fingerprint density at radius 1 is 1.16 bits per heavy atom. The Labute approximate surface area is 261 Å². The number of nitrogens with zero attached hydrogens (tertiary/aromatic N) is 3. The van der Waals surface area contributed by atoms with Crippen molar-refractivity contribution in [1.29, 1.82) is 0 Å². The minimum Gasteiger partial charge on any atom is -0.496 e. The lowest BCUT2D eigenvalue weighted by molar-refractivity contribution is -0.150. The van der Waals surface area contributed by atoms with Crippen LogP contribution in [0.2, 0.25) is 0 Å². The van der Waals surface area contributed by atoms with Crippen LogP contribution in [-0.2, 0) is 19.2 Å². The van der Waals surface area contributed by atoms with E-state index in [1.807, 2.05) is 46.7 Å². The van der Waals surface area contributed by atoms with Gasteiger partial charge in [-0.25, -0.2) is 0 Å². The van der Waals surface area contributed by atoms with Crippen LogP contribution in [0.4, 0.5) is 0 Å². The van der Waals surface area contributed by atoms with Crippen molar-refractivity contribution in [2.45, 2.75) is 90.1 Å². The maximum atomic E-state index is 14.4. The van der Waals surface area contributed by atoms with Crippen LogP contribution in [0.5, 0.6) is 11.5 Å². The predicted molar refractivity (Wildman–Crippen MR) is 168 cm³/mol. The highest BCUT2D eigenvalue weighted by atomic mass is 16.5. The number of ether oxygens (including phenoxy) is 2. The van der Waals surface area contributed by atoms with Gasteiger partial charge in [0.1, 0.15) is 35.7 Å². The molecule has 0 radical (unpaired) electrons. The van der Waals surface area contributed by atoms with Crippen molar-refractivity contribution in [3.8, 4) is 11.5 Å². The van der Waals surface area contributed by atoms with Crippen molar-refractivity contribution in [3.63, 3.8) is 0 Å². The van der Waals surface area contributed by atoms with E-state index >= 15 is 0 Å². The van der Waals surface area contributed by atoms with Crippen LogP contribution in [0.25, 0.3) is 6.08 Å². The summed E-state index contributed by atoms with van der Waals surface area (Å²) in [6.45, 7) is 8.79. The first kappa shape index (κ1) is 33.3. The number of fused-ring (bicyclic) bond motifs is 4. The Morgan fingerprint density at radius 2 is 1.91 bits per heavy atom. The molecule has 11 heteroatoms. The number of carbonyl (C=O) groups excluding carboxylic acids is 4. The molecule has 2 bridgehead atoms. The van der Waals surface area contributed by atoms with Crippen LogP contribution in [0.3, 0.4) is 0 Å². The third kappa shape index (κ3) is 7.20. The lowest BCUT2D eigenvalue weighted by Gasteiger charge is -2.36. The standard InChI is InChI=1S/C33H49N5O6/c1-8-21(4)28(36(5)6)31(40)35-24(18-20(2)3)32(41)38-17-14-27-29(38)33(42)37-16-9-10-25(37)30(39)34-15-13-22-19-23(44-27)11-12-26(22)43-7/h11-13,15,19-21,24-25,27-29H,8-10,14,16-18H2,1-7H3,(H,34,39)(H,35,40). The highest BCUT2D eigenvalue weighted by Gasteiger charge is 2.49. The van der Waals surface area contributed by atoms with Crippen molar-refractivity contribution in [1.82, 2.24) is 25.3 Å². The summed E-state index contributed by atoms with van der Waals surface area (Å²) in [4.78, 5) is 60.5. The highest BCUT2D eigenvalue weighted by molar-refractivity contribution is 5.96. The first-order valence-corrected chi connectivity index (χ1v) is 15.9. The van der Waals surface area contributed by atoms with Gasteiger partial charge in [-0.15, -0.1) is 0 Å². The zero-order valence-corrected chi connectivity index (χ0v) is 27.2. The van der Waals surface area contributed by atoms with E-state index in [0.717, 1.165) is 6.42 Å². The van der Waals surface area contributed by atoms with E-state index < -0.39 is 30.3 Å². The van der Waals surface area contributed by atoms with Gasteiger partial charge in [0.15, 0.2) is 0 Å². The van der Waals surface area contributed by atoms with Crippen molar-refractivity contribution in [2.75, 3.05) is 34.3 Å². The number of carbonyl (C=O) groups is 4. The molecule has 2 saturated heterocycles. The van der Waals surface area contributed by atoms with E-state index in [2.05, 4.69) is 10.6 Å². The summed E-state index contributed by atoms with van der Waals surface area (Å²) < 4.78 is 11.9. The molecule has 11 nitrogen and oxygen atoms in total. The van der Waals surface area contributed by atoms with Gasteiger partial charge in [0, 0.05) is 31.3 Å². The molecule has 2 N–H and O–H groups in total. The summed E-state index contributed by atoms with van der Waals surface area (Å²) in [5.74, 6) is 0.245. The van der Waals surface area contributed by atoms with Gasteiger partial charge in [0.2, 0.25) is 23.6 Å². The molecule has 6 atom stereocenters. The number of amides is 4. The molecule has 3 heterocycles. The number of nitrogens with one attached hydrogen (secondary N) is 2. The van der Waals surface area contributed by atoms with E-state index in [4.69, 9.17) is 9.47 Å². The molecule has 4 amide bonds. The van der Waals surface area contributed by atoms with Crippen molar-refractivity contribution < 1.29 is 28.7 Å². The fourth-order valence-corrected chi connectivity index (χ4v) is 6.68. The molecule has 1 aromatic rings. The zero-order valence-electron chi connectivity index (χ0n) is 27.2. The van der Waals surface area contributed by atoms with Gasteiger partial charge in [-0.05, 0) is 69.5 Å². The van der Waals surface area contributed by atoms with E-state index in [9.17, 15) is 19.2 Å². The van der Waals surface area contributed by atoms with Crippen LogP contribution in [0.15, 0.2) is 24.4 Å². The predicted octanol–water partition coefficient (Wildman–Crippen LogP) is 2.64. The Morgan fingerprint density at radius 3 is 2.57 bits per heavy atom. The molecule has 242 valence electrons. The third-order valence-electron chi connectivity index (χ3n) is 9.02. The summed E-state index contributed by atoms with van der Waals surface area (Å²) in [6.07, 6.45) is 5.54. The molecule has 1 aromatic carbocycles. The SMILES string of the molecule is CCC(C)C(C(=O)NC(CC(C)C)C(=O)N1CCC2Oc3ccc(OC)c(c3)C=CNC(=O)C3CCCN3C(=O)C21)N(C)C. The van der Waals surface area contributed by atoms with Crippen LogP contribution >= 0.6 is 0 Å². The molecule has 0 spiro atoms. The van der Waals surface area contributed by atoms with Crippen molar-refractivity contribution >= 4 is 29.7 Å². The number of likely N-dealkylation sites (tertiary alicyclic amines) is 1. The second-order valence-electron chi connectivity index (χ2n) is 12.8. The summed E-state index contributed by atoms with van der Waals surface area (Å²) in [5.41, 5.74) is 0.707. The van der Waals surface area contributed by atoms with Gasteiger partial charge in [0.05, 0.1) is 13.2 Å². The van der Waals surface area contributed by atoms with Crippen LogP contribution < -0.4 is 20.1 Å². The fraction of sp³-hybridized carbons (Fsp3) is 0.636. The molecule has 0 saturated carbocycles. The Bertz CT molecular complexity index is 1250. The van der Waals surface area contributed by atoms with Gasteiger partial charge in [-0.2, -0.15) is 0 Å². The average molecular weight is 612 g/mol. The van der Waals surface area contributed by atoms with Crippen molar-refractivity contribution in [2.24, 2.45) is 11.8 Å². The number of likely N-dealkylation sites (N-methyl/N-ethyl adjacent to an activating group) is 1. The second kappa shape index (κ2) is 14.5. The topological polar surface area (TPSA) is 121 Å². The Hall–Kier alpha value is -3.60. The minimum absolute atomic E-state index is 0.0865. The highest BCUT2D eigenvalue weighted by Crippen LogP contribution is 2.32. The van der Waals surface area contributed by atoms with E-state index in [-0.39, 0.29) is 35.5 Å². The summed E-state index contributed by atoms with van der Waals surface area (Å²) >= 11 is 0. The molecule has 4 rings (SSSR count). The van der Waals surface area contributed by atoms with Gasteiger partial charge >= 0.3 is 0 Å². The van der Waals surface area contributed by atoms with Crippen LogP contribution in [0.1, 0.15) is 65.4 Å². The second-order valence-corrected chi connectivity index (χ2v) is 12.8. The van der Waals surface area contributed by atoms with Crippen LogP contribution in [0, 0.1) is 11.8 Å². The summed E-state index contributed by atoms with van der Waals surface area (Å²) in [6, 6.07) is 2.54. The lowest BCUT2D eigenvalue weighted by Crippen LogP contribution is -2.60. The first-order chi connectivity index (χ1) is 21.0.